The Labute approximate surface area is 131 Å². The number of methoxy groups -OCH3 is 1. The van der Waals surface area contributed by atoms with Gasteiger partial charge in [0.25, 0.3) is 0 Å². The van der Waals surface area contributed by atoms with Crippen molar-refractivity contribution in [3.05, 3.63) is 23.8 Å². The fraction of sp³-hybridized carbons (Fsp3) is 0.647. The Morgan fingerprint density at radius 2 is 2.18 bits per heavy atom. The molecule has 3 rings (SSSR count). The summed E-state index contributed by atoms with van der Waals surface area (Å²) in [6, 6.07) is 5.96. The minimum atomic E-state index is 0.0422. The van der Waals surface area contributed by atoms with Crippen LogP contribution in [0.15, 0.2) is 18.2 Å². The van der Waals surface area contributed by atoms with Crippen molar-refractivity contribution in [3.8, 4) is 11.5 Å². The summed E-state index contributed by atoms with van der Waals surface area (Å²) in [6.45, 7) is 1.99. The van der Waals surface area contributed by atoms with Crippen LogP contribution in [0.4, 0.5) is 0 Å². The van der Waals surface area contributed by atoms with Crippen molar-refractivity contribution in [3.63, 3.8) is 0 Å². The van der Waals surface area contributed by atoms with E-state index in [1.807, 2.05) is 18.2 Å². The van der Waals surface area contributed by atoms with Crippen molar-refractivity contribution in [2.75, 3.05) is 33.4 Å². The number of ether oxygens (including phenoxy) is 2. The van der Waals surface area contributed by atoms with Crippen molar-refractivity contribution in [2.24, 2.45) is 5.92 Å². The Morgan fingerprint density at radius 1 is 1.32 bits per heavy atom. The molecule has 2 N–H and O–H groups in total. The Balaban J connectivity index is 1.64. The molecule has 5 nitrogen and oxygen atoms in total. The van der Waals surface area contributed by atoms with Gasteiger partial charge < -0.3 is 19.7 Å². The standard InChI is InChI=1S/C17H25NO4/c1-21-14-4-5-17-13(7-14)8-15(22-17)9-18-6-2-3-12(10-19)16(18)11-20/h4-5,7,12,15-16,19-20H,2-3,6,8-11H2,1H3/t12-,15?,16+/m0/s1. The number of rotatable bonds is 5. The normalized spacial score (nSPS) is 28.2. The number of hydrogen-bond donors (Lipinski definition) is 2. The number of likely N-dealkylation sites (tertiary alicyclic amines) is 1. The third kappa shape index (κ3) is 3.07. The van der Waals surface area contributed by atoms with E-state index in [-0.39, 0.29) is 31.3 Å². The van der Waals surface area contributed by atoms with Gasteiger partial charge in [-0.25, -0.2) is 0 Å². The number of piperidine rings is 1. The van der Waals surface area contributed by atoms with E-state index in [0.717, 1.165) is 43.9 Å². The lowest BCUT2D eigenvalue weighted by molar-refractivity contribution is 0.00332. The number of nitrogens with zero attached hydrogens (tertiary/aromatic N) is 1. The smallest absolute Gasteiger partial charge is 0.123 e. The van der Waals surface area contributed by atoms with Gasteiger partial charge in [-0.05, 0) is 43.5 Å². The largest absolute Gasteiger partial charge is 0.497 e. The molecule has 0 saturated carbocycles. The van der Waals surface area contributed by atoms with Gasteiger partial charge in [0.1, 0.15) is 17.6 Å². The Hall–Kier alpha value is -1.30. The summed E-state index contributed by atoms with van der Waals surface area (Å²) in [4.78, 5) is 2.28. The minimum Gasteiger partial charge on any atom is -0.497 e. The molecule has 0 bridgehead atoms. The van der Waals surface area contributed by atoms with Crippen LogP contribution in [0, 0.1) is 5.92 Å². The molecule has 1 fully saturated rings. The van der Waals surface area contributed by atoms with Gasteiger partial charge in [-0.1, -0.05) is 0 Å². The third-order valence-electron chi connectivity index (χ3n) is 4.90. The molecule has 122 valence electrons. The zero-order chi connectivity index (χ0) is 15.5. The predicted octanol–water partition coefficient (Wildman–Crippen LogP) is 1.06. The molecule has 1 aromatic rings. The predicted molar refractivity (Wildman–Crippen MR) is 83.4 cm³/mol. The SMILES string of the molecule is COc1ccc2c(c1)CC(CN1CCC[C@@H](CO)[C@H]1CO)O2. The van der Waals surface area contributed by atoms with Crippen molar-refractivity contribution in [1.82, 2.24) is 4.90 Å². The van der Waals surface area contributed by atoms with Crippen LogP contribution in [0.1, 0.15) is 18.4 Å². The minimum absolute atomic E-state index is 0.0422. The topological polar surface area (TPSA) is 62.2 Å². The molecular weight excluding hydrogens is 282 g/mol. The first-order valence-electron chi connectivity index (χ1n) is 8.04. The lowest BCUT2D eigenvalue weighted by atomic mass is 9.90. The van der Waals surface area contributed by atoms with E-state index in [2.05, 4.69) is 4.90 Å². The average Bonchev–Trinajstić information content (AvgIpc) is 2.95. The zero-order valence-electron chi connectivity index (χ0n) is 13.1. The molecule has 0 aliphatic carbocycles. The Kier molecular flexibility index (Phi) is 4.86. The van der Waals surface area contributed by atoms with Crippen LogP contribution in [-0.2, 0) is 6.42 Å². The number of fused-ring (bicyclic) bond motifs is 1. The van der Waals surface area contributed by atoms with Gasteiger partial charge in [-0.15, -0.1) is 0 Å². The van der Waals surface area contributed by atoms with E-state index in [1.54, 1.807) is 7.11 Å². The molecule has 0 aromatic heterocycles. The van der Waals surface area contributed by atoms with Crippen molar-refractivity contribution in [1.29, 1.82) is 0 Å². The highest BCUT2D eigenvalue weighted by Crippen LogP contribution is 2.33. The second kappa shape index (κ2) is 6.86. The summed E-state index contributed by atoms with van der Waals surface area (Å²) < 4.78 is 11.3. The Bertz CT molecular complexity index is 507. The summed E-state index contributed by atoms with van der Waals surface area (Å²) in [5.41, 5.74) is 1.18. The highest BCUT2D eigenvalue weighted by Gasteiger charge is 2.34. The van der Waals surface area contributed by atoms with E-state index in [1.165, 1.54) is 5.56 Å². The molecule has 22 heavy (non-hydrogen) atoms. The maximum atomic E-state index is 9.67. The number of hydrogen-bond acceptors (Lipinski definition) is 5. The lowest BCUT2D eigenvalue weighted by Crippen LogP contribution is -2.51. The fourth-order valence-electron chi connectivity index (χ4n) is 3.70. The van der Waals surface area contributed by atoms with E-state index in [9.17, 15) is 10.2 Å². The molecule has 2 aliphatic rings. The molecule has 5 heteroatoms. The number of aliphatic hydroxyl groups is 2. The second-order valence-electron chi connectivity index (χ2n) is 6.25. The van der Waals surface area contributed by atoms with Gasteiger partial charge >= 0.3 is 0 Å². The van der Waals surface area contributed by atoms with Crippen LogP contribution in [-0.4, -0.2) is 60.7 Å². The monoisotopic (exact) mass is 307 g/mol. The summed E-state index contributed by atoms with van der Waals surface area (Å²) in [5, 5.41) is 19.2. The van der Waals surface area contributed by atoms with E-state index >= 15 is 0 Å². The van der Waals surface area contributed by atoms with Gasteiger partial charge in [-0.3, -0.25) is 4.90 Å². The molecule has 1 unspecified atom stereocenters. The van der Waals surface area contributed by atoms with E-state index in [4.69, 9.17) is 9.47 Å². The molecule has 2 aliphatic heterocycles. The van der Waals surface area contributed by atoms with Crippen molar-refractivity contribution in [2.45, 2.75) is 31.4 Å². The highest BCUT2D eigenvalue weighted by atomic mass is 16.5. The number of benzene rings is 1. The number of aliphatic hydroxyl groups excluding tert-OH is 2. The van der Waals surface area contributed by atoms with Gasteiger partial charge in [-0.2, -0.15) is 0 Å². The quantitative estimate of drug-likeness (QED) is 0.852. The maximum absolute atomic E-state index is 9.67. The average molecular weight is 307 g/mol. The lowest BCUT2D eigenvalue weighted by Gasteiger charge is -2.40. The first-order chi connectivity index (χ1) is 10.7. The first kappa shape index (κ1) is 15.6. The summed E-state index contributed by atoms with van der Waals surface area (Å²) >= 11 is 0. The fourth-order valence-corrected chi connectivity index (χ4v) is 3.70. The summed E-state index contributed by atoms with van der Waals surface area (Å²) in [5.74, 6) is 1.96. The summed E-state index contributed by atoms with van der Waals surface area (Å²) in [7, 11) is 1.67. The molecule has 2 heterocycles. The van der Waals surface area contributed by atoms with Crippen LogP contribution in [0.3, 0.4) is 0 Å². The Morgan fingerprint density at radius 3 is 2.91 bits per heavy atom. The van der Waals surface area contributed by atoms with Crippen LogP contribution in [0.5, 0.6) is 11.5 Å². The van der Waals surface area contributed by atoms with Gasteiger partial charge in [0.05, 0.1) is 13.7 Å². The van der Waals surface area contributed by atoms with Crippen molar-refractivity contribution < 1.29 is 19.7 Å². The van der Waals surface area contributed by atoms with Crippen molar-refractivity contribution >= 4 is 0 Å². The van der Waals surface area contributed by atoms with E-state index < -0.39 is 0 Å². The molecule has 0 radical (unpaired) electrons. The van der Waals surface area contributed by atoms with Crippen LogP contribution >= 0.6 is 0 Å². The van der Waals surface area contributed by atoms with Crippen LogP contribution in [0.2, 0.25) is 0 Å². The highest BCUT2D eigenvalue weighted by molar-refractivity contribution is 5.43. The molecule has 1 saturated heterocycles. The maximum Gasteiger partial charge on any atom is 0.123 e. The first-order valence-corrected chi connectivity index (χ1v) is 8.04. The second-order valence-corrected chi connectivity index (χ2v) is 6.25. The molecular formula is C17H25NO4. The molecule has 3 atom stereocenters. The van der Waals surface area contributed by atoms with Gasteiger partial charge in [0.2, 0.25) is 0 Å². The molecule has 1 aromatic carbocycles. The third-order valence-corrected chi connectivity index (χ3v) is 4.90. The summed E-state index contributed by atoms with van der Waals surface area (Å²) in [6.07, 6.45) is 3.02. The van der Waals surface area contributed by atoms with Crippen LogP contribution in [0.25, 0.3) is 0 Å². The van der Waals surface area contributed by atoms with Gasteiger partial charge in [0, 0.05) is 31.2 Å². The molecule has 0 amide bonds. The zero-order valence-corrected chi connectivity index (χ0v) is 13.1. The van der Waals surface area contributed by atoms with E-state index in [0.29, 0.717) is 0 Å². The van der Waals surface area contributed by atoms with Gasteiger partial charge in [0.15, 0.2) is 0 Å². The molecule has 0 spiro atoms. The van der Waals surface area contributed by atoms with Crippen LogP contribution < -0.4 is 9.47 Å².